The molecule has 0 aromatic rings. The van der Waals surface area contributed by atoms with Crippen LogP contribution in [0.2, 0.25) is 0 Å². The molecule has 2 N–H and O–H groups in total. The number of carbonyl (C=O) groups is 3. The standard InChI is InChI=1S/C31H48N2O3/c1-26(2)22-9-12-31(7)24(29(22,5)11-10-23(26)35)21(34)17-19-20-18-28(4,33-25(36)32-8)15-13-27(20,3)14-16-30(19,31)6/h17,20,22,24H,9-16,18H2,1-8H3,(H2,32,33,36)/t20-,22-,24+,27+,28-,29-,30+,31+/m0/s1. The summed E-state index contributed by atoms with van der Waals surface area (Å²) in [6, 6.07) is -0.124. The normalized spacial score (nSPS) is 49.6. The van der Waals surface area contributed by atoms with Crippen molar-refractivity contribution in [3.05, 3.63) is 11.6 Å². The minimum Gasteiger partial charge on any atom is -0.341 e. The summed E-state index contributed by atoms with van der Waals surface area (Å²) >= 11 is 0. The van der Waals surface area contributed by atoms with E-state index < -0.39 is 0 Å². The zero-order valence-electron chi connectivity index (χ0n) is 23.9. The minimum atomic E-state index is -0.360. The van der Waals surface area contributed by atoms with Gasteiger partial charge in [0, 0.05) is 30.3 Å². The predicted octanol–water partition coefficient (Wildman–Crippen LogP) is 6.22. The molecule has 5 aliphatic carbocycles. The van der Waals surface area contributed by atoms with Gasteiger partial charge in [0.2, 0.25) is 0 Å². The van der Waals surface area contributed by atoms with Crippen LogP contribution >= 0.6 is 0 Å². The zero-order valence-corrected chi connectivity index (χ0v) is 23.9. The number of urea groups is 1. The van der Waals surface area contributed by atoms with Gasteiger partial charge >= 0.3 is 6.03 Å². The second-order valence-corrected chi connectivity index (χ2v) is 15.1. The lowest BCUT2D eigenvalue weighted by Gasteiger charge is -2.70. The van der Waals surface area contributed by atoms with Crippen LogP contribution in [0, 0.1) is 44.8 Å². The van der Waals surface area contributed by atoms with Crippen LogP contribution in [0.4, 0.5) is 4.79 Å². The number of hydrogen-bond acceptors (Lipinski definition) is 3. The first-order chi connectivity index (χ1) is 16.6. The Labute approximate surface area is 218 Å². The molecule has 5 heteroatoms. The van der Waals surface area contributed by atoms with E-state index in [1.165, 1.54) is 12.0 Å². The summed E-state index contributed by atoms with van der Waals surface area (Å²) in [5, 5.41) is 5.97. The average molecular weight is 497 g/mol. The van der Waals surface area contributed by atoms with Crippen molar-refractivity contribution in [1.82, 2.24) is 10.6 Å². The molecular formula is C31H48N2O3. The van der Waals surface area contributed by atoms with Crippen molar-refractivity contribution < 1.29 is 14.4 Å². The Hall–Kier alpha value is -1.65. The Balaban J connectivity index is 1.58. The van der Waals surface area contributed by atoms with E-state index in [9.17, 15) is 14.4 Å². The second-order valence-electron chi connectivity index (χ2n) is 15.1. The summed E-state index contributed by atoms with van der Waals surface area (Å²) in [6.45, 7) is 16.1. The lowest BCUT2D eigenvalue weighted by Crippen LogP contribution is -2.66. The maximum absolute atomic E-state index is 14.3. The molecule has 0 bridgehead atoms. The first-order valence-corrected chi connectivity index (χ1v) is 14.4. The quantitative estimate of drug-likeness (QED) is 0.453. The van der Waals surface area contributed by atoms with E-state index >= 15 is 0 Å². The molecule has 0 heterocycles. The molecule has 0 aromatic carbocycles. The zero-order chi connectivity index (χ0) is 26.5. The van der Waals surface area contributed by atoms with Crippen LogP contribution in [-0.2, 0) is 9.59 Å². The molecule has 36 heavy (non-hydrogen) atoms. The maximum atomic E-state index is 14.3. The lowest BCUT2D eigenvalue weighted by atomic mass is 9.33. The van der Waals surface area contributed by atoms with E-state index in [0.29, 0.717) is 23.9 Å². The Kier molecular flexibility index (Phi) is 5.55. The summed E-state index contributed by atoms with van der Waals surface area (Å²) < 4.78 is 0. The first-order valence-electron chi connectivity index (χ1n) is 14.4. The van der Waals surface area contributed by atoms with E-state index in [-0.39, 0.29) is 50.5 Å². The number of Topliss-reactive ketones (excluding diaryl/α,β-unsaturated/α-hetero) is 1. The molecule has 200 valence electrons. The van der Waals surface area contributed by atoms with Crippen molar-refractivity contribution in [2.45, 2.75) is 112 Å². The molecule has 5 rings (SSSR count). The van der Waals surface area contributed by atoms with Gasteiger partial charge in [0.25, 0.3) is 0 Å². The van der Waals surface area contributed by atoms with Gasteiger partial charge in [-0.15, -0.1) is 0 Å². The van der Waals surface area contributed by atoms with Gasteiger partial charge < -0.3 is 10.6 Å². The lowest BCUT2D eigenvalue weighted by molar-refractivity contribution is -0.187. The van der Waals surface area contributed by atoms with Crippen LogP contribution in [0.5, 0.6) is 0 Å². The second kappa shape index (κ2) is 7.69. The monoisotopic (exact) mass is 496 g/mol. The van der Waals surface area contributed by atoms with E-state index in [1.54, 1.807) is 7.05 Å². The fraction of sp³-hybridized carbons (Fsp3) is 0.839. The van der Waals surface area contributed by atoms with Crippen LogP contribution < -0.4 is 10.6 Å². The molecule has 0 spiro atoms. The van der Waals surface area contributed by atoms with Crippen molar-refractivity contribution >= 4 is 17.6 Å². The molecule has 2 amide bonds. The van der Waals surface area contributed by atoms with Gasteiger partial charge in [0.05, 0.1) is 0 Å². The van der Waals surface area contributed by atoms with Crippen molar-refractivity contribution in [3.8, 4) is 0 Å². The fourth-order valence-corrected chi connectivity index (χ4v) is 10.4. The summed E-state index contributed by atoms with van der Waals surface area (Å²) in [5.41, 5.74) is 0.592. The molecule has 0 radical (unpaired) electrons. The molecule has 0 unspecified atom stereocenters. The number of nitrogens with one attached hydrogen (secondary N) is 2. The van der Waals surface area contributed by atoms with Crippen molar-refractivity contribution in [2.24, 2.45) is 44.8 Å². The third-order valence-corrected chi connectivity index (χ3v) is 13.0. The molecular weight excluding hydrogens is 448 g/mol. The number of allylic oxidation sites excluding steroid dienone is 2. The Bertz CT molecular complexity index is 1050. The number of carbonyl (C=O) groups excluding carboxylic acids is 3. The van der Waals surface area contributed by atoms with Crippen LogP contribution in [0.3, 0.4) is 0 Å². The minimum absolute atomic E-state index is 0.0341. The van der Waals surface area contributed by atoms with Crippen LogP contribution in [0.15, 0.2) is 11.6 Å². The number of ketones is 2. The topological polar surface area (TPSA) is 75.3 Å². The molecule has 0 aromatic heterocycles. The molecule has 0 aliphatic heterocycles. The molecule has 5 nitrogen and oxygen atoms in total. The third-order valence-electron chi connectivity index (χ3n) is 13.0. The molecule has 4 saturated carbocycles. The van der Waals surface area contributed by atoms with Crippen molar-refractivity contribution in [3.63, 3.8) is 0 Å². The summed E-state index contributed by atoms with van der Waals surface area (Å²) in [7, 11) is 1.67. The highest BCUT2D eigenvalue weighted by atomic mass is 16.2. The Morgan fingerprint density at radius 3 is 2.25 bits per heavy atom. The smallest absolute Gasteiger partial charge is 0.314 e. The third kappa shape index (κ3) is 3.22. The summed E-state index contributed by atoms with van der Waals surface area (Å²) in [4.78, 5) is 39.5. The maximum Gasteiger partial charge on any atom is 0.314 e. The number of fused-ring (bicyclic) bond motifs is 7. The van der Waals surface area contributed by atoms with Gasteiger partial charge in [-0.25, -0.2) is 4.79 Å². The molecule has 8 atom stereocenters. The number of hydrogen-bond donors (Lipinski definition) is 2. The van der Waals surface area contributed by atoms with Crippen LogP contribution in [0.1, 0.15) is 106 Å². The Morgan fingerprint density at radius 2 is 1.58 bits per heavy atom. The highest BCUT2D eigenvalue weighted by Crippen LogP contribution is 2.74. The average Bonchev–Trinajstić information content (AvgIpc) is 2.79. The first kappa shape index (κ1) is 26.0. The SMILES string of the molecule is CNC(=O)N[C@@]1(C)CC[C@]2(C)CC[C@]3(C)C(=CC(=O)[C@@H]4[C@@]5(C)CCC(=O)C(C)(C)[C@@H]5CC[C@]43C)[C@@H]2C1. The largest absolute Gasteiger partial charge is 0.341 e. The van der Waals surface area contributed by atoms with Gasteiger partial charge in [-0.05, 0) is 97.9 Å². The molecule has 0 saturated heterocycles. The summed E-state index contributed by atoms with van der Waals surface area (Å²) in [5.74, 6) is 1.20. The van der Waals surface area contributed by atoms with E-state index in [4.69, 9.17) is 0 Å². The van der Waals surface area contributed by atoms with Crippen LogP contribution in [-0.4, -0.2) is 30.2 Å². The number of rotatable bonds is 1. The molecule has 4 fully saturated rings. The van der Waals surface area contributed by atoms with Crippen molar-refractivity contribution in [2.75, 3.05) is 7.05 Å². The predicted molar refractivity (Wildman–Crippen MR) is 142 cm³/mol. The van der Waals surface area contributed by atoms with Gasteiger partial charge in [-0.3, -0.25) is 9.59 Å². The number of amides is 2. The fourth-order valence-electron chi connectivity index (χ4n) is 10.4. The van der Waals surface area contributed by atoms with E-state index in [1.807, 2.05) is 0 Å². The van der Waals surface area contributed by atoms with E-state index in [2.05, 4.69) is 65.2 Å². The molecule has 5 aliphatic rings. The highest BCUT2D eigenvalue weighted by Gasteiger charge is 2.70. The Morgan fingerprint density at radius 1 is 0.917 bits per heavy atom. The van der Waals surface area contributed by atoms with Gasteiger partial charge in [-0.1, -0.05) is 47.1 Å². The summed E-state index contributed by atoms with van der Waals surface area (Å²) in [6.07, 6.45) is 10.7. The van der Waals surface area contributed by atoms with Gasteiger partial charge in [-0.2, -0.15) is 0 Å². The highest BCUT2D eigenvalue weighted by molar-refractivity contribution is 5.96. The van der Waals surface area contributed by atoms with Crippen molar-refractivity contribution in [1.29, 1.82) is 0 Å². The van der Waals surface area contributed by atoms with Gasteiger partial charge in [0.1, 0.15) is 5.78 Å². The van der Waals surface area contributed by atoms with Crippen LogP contribution in [0.25, 0.3) is 0 Å². The van der Waals surface area contributed by atoms with Gasteiger partial charge in [0.15, 0.2) is 5.78 Å². The van der Waals surface area contributed by atoms with E-state index in [0.717, 1.165) is 44.9 Å².